The Morgan fingerprint density at radius 1 is 1.30 bits per heavy atom. The third kappa shape index (κ3) is 7.25. The second kappa shape index (κ2) is 7.09. The van der Waals surface area contributed by atoms with E-state index in [2.05, 4.69) is 36.4 Å². The average molecular weight is 333 g/mol. The van der Waals surface area contributed by atoms with Gasteiger partial charge in [-0.15, -0.1) is 5.54 Å². The third-order valence-electron chi connectivity index (χ3n) is 2.88. The van der Waals surface area contributed by atoms with Gasteiger partial charge in [0.05, 0.1) is 6.04 Å². The maximum atomic E-state index is 11.9. The summed E-state index contributed by atoms with van der Waals surface area (Å²) in [4.78, 5) is 11.9. The molecular weight excluding hydrogens is 304 g/mol. The number of alkyl carbamates (subject to hydrolysis) is 1. The van der Waals surface area contributed by atoms with E-state index in [1.165, 1.54) is 0 Å². The number of carbonyl (C=O) groups is 1. The molecule has 0 aliphatic rings. The van der Waals surface area contributed by atoms with Gasteiger partial charge in [0, 0.05) is 11.3 Å². The summed E-state index contributed by atoms with van der Waals surface area (Å²) < 4.78 is 5.28. The molecule has 1 aromatic rings. The van der Waals surface area contributed by atoms with E-state index in [1.807, 2.05) is 45.9 Å². The van der Waals surface area contributed by atoms with E-state index >= 15 is 0 Å². The molecule has 0 aliphatic heterocycles. The fourth-order valence-electron chi connectivity index (χ4n) is 1.77. The Bertz CT molecular complexity index is 631. The van der Waals surface area contributed by atoms with Gasteiger partial charge in [-0.05, 0) is 45.4 Å². The van der Waals surface area contributed by atoms with Gasteiger partial charge in [0.15, 0.2) is 0 Å². The van der Waals surface area contributed by atoms with E-state index in [9.17, 15) is 4.79 Å². The van der Waals surface area contributed by atoms with Crippen molar-refractivity contribution in [3.8, 4) is 11.5 Å². The normalized spacial score (nSPS) is 12.8. The highest BCUT2D eigenvalue weighted by molar-refractivity contribution is 6.83. The van der Waals surface area contributed by atoms with Crippen molar-refractivity contribution in [2.45, 2.75) is 59.0 Å². The van der Waals surface area contributed by atoms with Gasteiger partial charge >= 0.3 is 6.09 Å². The molecule has 3 N–H and O–H groups in total. The standard InChI is InChI=1S/C18H28N2O2Si/c1-13(20-17(21)22-18(2,3)4)14-8-9-16(19)15(12-14)10-11-23(5,6)7/h8-9,12-13H,19H2,1-7H3,(H,20,21)/t13-/m1/s1. The minimum Gasteiger partial charge on any atom is -0.444 e. The Morgan fingerprint density at radius 2 is 1.91 bits per heavy atom. The van der Waals surface area contributed by atoms with Crippen LogP contribution in [-0.4, -0.2) is 19.8 Å². The molecule has 4 nitrogen and oxygen atoms in total. The number of nitrogens with one attached hydrogen (secondary N) is 1. The van der Waals surface area contributed by atoms with Crippen LogP contribution in [0.3, 0.4) is 0 Å². The van der Waals surface area contributed by atoms with Crippen molar-refractivity contribution < 1.29 is 9.53 Å². The SMILES string of the molecule is C[C@@H](NC(=O)OC(C)(C)C)c1ccc(N)c(C#C[Si](C)(C)C)c1. The third-order valence-corrected chi connectivity index (χ3v) is 3.76. The van der Waals surface area contributed by atoms with Gasteiger partial charge in [0.2, 0.25) is 0 Å². The molecule has 0 spiro atoms. The summed E-state index contributed by atoms with van der Waals surface area (Å²) in [6.45, 7) is 14.0. The van der Waals surface area contributed by atoms with Crippen LogP contribution in [0.2, 0.25) is 19.6 Å². The molecule has 0 fully saturated rings. The first-order chi connectivity index (χ1) is 10.4. The molecule has 0 saturated heterocycles. The van der Waals surface area contributed by atoms with Crippen molar-refractivity contribution in [1.29, 1.82) is 0 Å². The molecule has 0 bridgehead atoms. The van der Waals surface area contributed by atoms with Crippen LogP contribution >= 0.6 is 0 Å². The van der Waals surface area contributed by atoms with Crippen LogP contribution in [0.5, 0.6) is 0 Å². The summed E-state index contributed by atoms with van der Waals surface area (Å²) in [5.41, 5.74) is 11.2. The Balaban J connectivity index is 2.92. The number of anilines is 1. The smallest absolute Gasteiger partial charge is 0.408 e. The second-order valence-corrected chi connectivity index (χ2v) is 12.5. The van der Waals surface area contributed by atoms with Crippen LogP contribution in [0.1, 0.15) is 44.9 Å². The number of amides is 1. The summed E-state index contributed by atoms with van der Waals surface area (Å²) in [7, 11) is -1.47. The minimum absolute atomic E-state index is 0.183. The zero-order valence-corrected chi connectivity index (χ0v) is 16.2. The summed E-state index contributed by atoms with van der Waals surface area (Å²) in [5.74, 6) is 3.18. The molecule has 126 valence electrons. The first kappa shape index (κ1) is 19.1. The second-order valence-electron chi connectivity index (χ2n) is 7.71. The minimum atomic E-state index is -1.47. The fraction of sp³-hybridized carbons (Fsp3) is 0.500. The Hall–Kier alpha value is -1.93. The monoisotopic (exact) mass is 332 g/mol. The van der Waals surface area contributed by atoms with Crippen LogP contribution in [0.15, 0.2) is 18.2 Å². The molecular formula is C18H28N2O2Si. The lowest BCUT2D eigenvalue weighted by Gasteiger charge is -2.22. The number of rotatable bonds is 2. The van der Waals surface area contributed by atoms with Crippen molar-refractivity contribution in [2.24, 2.45) is 0 Å². The van der Waals surface area contributed by atoms with Crippen molar-refractivity contribution in [1.82, 2.24) is 5.32 Å². The predicted octanol–water partition coefficient (Wildman–Crippen LogP) is 4.08. The Labute approximate surface area is 140 Å². The quantitative estimate of drug-likeness (QED) is 0.487. The molecule has 0 heterocycles. The van der Waals surface area contributed by atoms with Crippen molar-refractivity contribution in [3.63, 3.8) is 0 Å². The molecule has 1 rings (SSSR count). The summed E-state index contributed by atoms with van der Waals surface area (Å²) in [6.07, 6.45) is -0.434. The van der Waals surface area contributed by atoms with E-state index in [4.69, 9.17) is 10.5 Å². The van der Waals surface area contributed by atoms with Gasteiger partial charge in [-0.2, -0.15) is 0 Å². The topological polar surface area (TPSA) is 64.3 Å². The highest BCUT2D eigenvalue weighted by Gasteiger charge is 2.18. The van der Waals surface area contributed by atoms with E-state index in [-0.39, 0.29) is 6.04 Å². The molecule has 23 heavy (non-hydrogen) atoms. The number of ether oxygens (including phenoxy) is 1. The lowest BCUT2D eigenvalue weighted by atomic mass is 10.0. The molecule has 0 aliphatic carbocycles. The average Bonchev–Trinajstić information content (AvgIpc) is 2.34. The van der Waals surface area contributed by atoms with Gasteiger partial charge in [0.25, 0.3) is 0 Å². The van der Waals surface area contributed by atoms with Crippen LogP contribution in [0.25, 0.3) is 0 Å². The Morgan fingerprint density at radius 3 is 2.43 bits per heavy atom. The zero-order valence-electron chi connectivity index (χ0n) is 15.2. The van der Waals surface area contributed by atoms with E-state index in [0.717, 1.165) is 11.1 Å². The number of nitrogen functional groups attached to an aromatic ring is 1. The summed E-state index contributed by atoms with van der Waals surface area (Å²) in [6, 6.07) is 5.48. The van der Waals surface area contributed by atoms with Gasteiger partial charge in [-0.1, -0.05) is 31.6 Å². The number of carbonyl (C=O) groups excluding carboxylic acids is 1. The lowest BCUT2D eigenvalue weighted by molar-refractivity contribution is 0.0508. The number of benzene rings is 1. The van der Waals surface area contributed by atoms with Gasteiger partial charge in [-0.3, -0.25) is 0 Å². The van der Waals surface area contributed by atoms with E-state index in [1.54, 1.807) is 0 Å². The molecule has 0 aromatic heterocycles. The molecule has 1 atom stereocenters. The van der Waals surface area contributed by atoms with Crippen LogP contribution in [0, 0.1) is 11.5 Å². The number of hydrogen-bond donors (Lipinski definition) is 2. The van der Waals surface area contributed by atoms with Crippen LogP contribution in [-0.2, 0) is 4.74 Å². The number of nitrogens with two attached hydrogens (primary N) is 1. The van der Waals surface area contributed by atoms with Gasteiger partial charge in [0.1, 0.15) is 13.7 Å². The number of hydrogen-bond acceptors (Lipinski definition) is 3. The zero-order chi connectivity index (χ0) is 17.8. The maximum Gasteiger partial charge on any atom is 0.408 e. The van der Waals surface area contributed by atoms with E-state index < -0.39 is 19.8 Å². The Kier molecular flexibility index (Phi) is 5.90. The van der Waals surface area contributed by atoms with Gasteiger partial charge in [-0.25, -0.2) is 4.79 Å². The highest BCUT2D eigenvalue weighted by atomic mass is 28.3. The molecule has 5 heteroatoms. The van der Waals surface area contributed by atoms with Crippen molar-refractivity contribution in [3.05, 3.63) is 29.3 Å². The molecule has 0 radical (unpaired) electrons. The predicted molar refractivity (Wildman–Crippen MR) is 98.9 cm³/mol. The highest BCUT2D eigenvalue weighted by Crippen LogP contribution is 2.19. The molecule has 1 amide bonds. The van der Waals surface area contributed by atoms with Crippen LogP contribution < -0.4 is 11.1 Å². The van der Waals surface area contributed by atoms with Crippen LogP contribution in [0.4, 0.5) is 10.5 Å². The van der Waals surface area contributed by atoms with Gasteiger partial charge < -0.3 is 15.8 Å². The van der Waals surface area contributed by atoms with Crippen molar-refractivity contribution in [2.75, 3.05) is 5.73 Å². The summed E-state index contributed by atoms with van der Waals surface area (Å²) >= 11 is 0. The summed E-state index contributed by atoms with van der Waals surface area (Å²) in [5, 5.41) is 2.83. The fourth-order valence-corrected chi connectivity index (χ4v) is 2.28. The molecule has 0 unspecified atom stereocenters. The van der Waals surface area contributed by atoms with Crippen molar-refractivity contribution >= 4 is 19.9 Å². The molecule has 0 saturated carbocycles. The first-order valence-electron chi connectivity index (χ1n) is 7.79. The first-order valence-corrected chi connectivity index (χ1v) is 11.3. The van der Waals surface area contributed by atoms with E-state index in [0.29, 0.717) is 5.69 Å². The largest absolute Gasteiger partial charge is 0.444 e. The maximum absolute atomic E-state index is 11.9. The lowest BCUT2D eigenvalue weighted by Crippen LogP contribution is -2.34. The molecule has 1 aromatic carbocycles.